The number of β-amino-alcohol motifs (C(OH)–C–C–N with tert-alkyl or cyclic N) is 2. The SMILES string of the molecule is O=C(O)CC(NC(=O)N1CC(O)C(O)C1)C1CC1. The summed E-state index contributed by atoms with van der Waals surface area (Å²) < 4.78 is 0. The summed E-state index contributed by atoms with van der Waals surface area (Å²) in [6, 6.07) is -0.770. The molecule has 2 aliphatic rings. The molecule has 18 heavy (non-hydrogen) atoms. The zero-order chi connectivity index (χ0) is 13.3. The molecule has 2 fully saturated rings. The second-order valence-electron chi connectivity index (χ2n) is 5.03. The summed E-state index contributed by atoms with van der Waals surface area (Å²) in [6.07, 6.45) is -0.0633. The maximum absolute atomic E-state index is 11.9. The van der Waals surface area contributed by atoms with Crippen molar-refractivity contribution in [3.63, 3.8) is 0 Å². The molecular weight excluding hydrogens is 240 g/mol. The maximum atomic E-state index is 11.9. The third-order valence-electron chi connectivity index (χ3n) is 3.44. The fourth-order valence-corrected chi connectivity index (χ4v) is 2.21. The van der Waals surface area contributed by atoms with E-state index in [-0.39, 0.29) is 31.5 Å². The minimum absolute atomic E-state index is 0.0808. The van der Waals surface area contributed by atoms with Crippen molar-refractivity contribution >= 4 is 12.0 Å². The molecule has 0 aromatic heterocycles. The van der Waals surface area contributed by atoms with E-state index in [9.17, 15) is 19.8 Å². The average molecular weight is 258 g/mol. The first kappa shape index (κ1) is 13.1. The van der Waals surface area contributed by atoms with Gasteiger partial charge < -0.3 is 25.5 Å². The summed E-state index contributed by atoms with van der Waals surface area (Å²) in [7, 11) is 0. The molecule has 0 aromatic rings. The van der Waals surface area contributed by atoms with Gasteiger partial charge in [0.1, 0.15) is 0 Å². The molecule has 7 heteroatoms. The normalized spacial score (nSPS) is 29.1. The van der Waals surface area contributed by atoms with Gasteiger partial charge >= 0.3 is 12.0 Å². The van der Waals surface area contributed by atoms with Crippen LogP contribution in [0.4, 0.5) is 4.79 Å². The van der Waals surface area contributed by atoms with E-state index in [2.05, 4.69) is 5.32 Å². The summed E-state index contributed by atoms with van der Waals surface area (Å²) in [5.74, 6) is -0.698. The van der Waals surface area contributed by atoms with Gasteiger partial charge in [0, 0.05) is 6.04 Å². The van der Waals surface area contributed by atoms with Crippen LogP contribution in [0, 0.1) is 5.92 Å². The largest absolute Gasteiger partial charge is 0.481 e. The van der Waals surface area contributed by atoms with Gasteiger partial charge in [-0.15, -0.1) is 0 Å². The van der Waals surface area contributed by atoms with Gasteiger partial charge in [-0.25, -0.2) is 4.79 Å². The minimum atomic E-state index is -0.936. The molecule has 1 saturated heterocycles. The topological polar surface area (TPSA) is 110 Å². The van der Waals surface area contributed by atoms with E-state index in [1.807, 2.05) is 0 Å². The monoisotopic (exact) mass is 258 g/mol. The summed E-state index contributed by atoms with van der Waals surface area (Å²) in [4.78, 5) is 23.9. The number of nitrogens with one attached hydrogen (secondary N) is 1. The van der Waals surface area contributed by atoms with Crippen molar-refractivity contribution in [1.29, 1.82) is 0 Å². The van der Waals surface area contributed by atoms with Crippen LogP contribution in [-0.4, -0.2) is 63.6 Å². The van der Waals surface area contributed by atoms with Crippen molar-refractivity contribution in [1.82, 2.24) is 10.2 Å². The lowest BCUT2D eigenvalue weighted by atomic mass is 10.1. The van der Waals surface area contributed by atoms with Crippen LogP contribution in [-0.2, 0) is 4.79 Å². The van der Waals surface area contributed by atoms with Gasteiger partial charge in [0.05, 0.1) is 31.7 Å². The molecule has 102 valence electrons. The highest BCUT2D eigenvalue weighted by molar-refractivity contribution is 5.76. The van der Waals surface area contributed by atoms with E-state index < -0.39 is 24.2 Å². The molecule has 3 atom stereocenters. The fourth-order valence-electron chi connectivity index (χ4n) is 2.21. The van der Waals surface area contributed by atoms with Gasteiger partial charge in [0.15, 0.2) is 0 Å². The Morgan fingerprint density at radius 3 is 2.22 bits per heavy atom. The molecule has 3 unspecified atom stereocenters. The number of amides is 2. The maximum Gasteiger partial charge on any atom is 0.317 e. The number of likely N-dealkylation sites (tertiary alicyclic amines) is 1. The summed E-state index contributed by atoms with van der Waals surface area (Å²) in [5, 5.41) is 30.2. The number of aliphatic carboxylic acids is 1. The van der Waals surface area contributed by atoms with Crippen LogP contribution in [0.3, 0.4) is 0 Å². The molecule has 1 aliphatic heterocycles. The van der Waals surface area contributed by atoms with Crippen molar-refractivity contribution in [2.45, 2.75) is 37.5 Å². The van der Waals surface area contributed by atoms with Gasteiger partial charge in [-0.05, 0) is 18.8 Å². The predicted octanol–water partition coefficient (Wildman–Crippen LogP) is -1.01. The molecule has 1 aliphatic carbocycles. The third-order valence-corrected chi connectivity index (χ3v) is 3.44. The number of carbonyl (C=O) groups is 2. The number of urea groups is 1. The number of hydrogen-bond acceptors (Lipinski definition) is 4. The van der Waals surface area contributed by atoms with Crippen molar-refractivity contribution in [2.24, 2.45) is 5.92 Å². The molecule has 0 radical (unpaired) electrons. The van der Waals surface area contributed by atoms with Crippen molar-refractivity contribution < 1.29 is 24.9 Å². The molecule has 2 amide bonds. The van der Waals surface area contributed by atoms with E-state index in [4.69, 9.17) is 5.11 Å². The Bertz CT molecular complexity index is 334. The minimum Gasteiger partial charge on any atom is -0.481 e. The first-order valence-electron chi connectivity index (χ1n) is 6.10. The Kier molecular flexibility index (Phi) is 3.72. The van der Waals surface area contributed by atoms with E-state index in [0.29, 0.717) is 0 Å². The lowest BCUT2D eigenvalue weighted by Gasteiger charge is -2.21. The molecule has 0 bridgehead atoms. The van der Waals surface area contributed by atoms with Gasteiger partial charge in [0.25, 0.3) is 0 Å². The highest BCUT2D eigenvalue weighted by Gasteiger charge is 2.37. The Morgan fingerprint density at radius 2 is 1.78 bits per heavy atom. The van der Waals surface area contributed by atoms with Gasteiger partial charge in [-0.1, -0.05) is 0 Å². The zero-order valence-corrected chi connectivity index (χ0v) is 9.95. The van der Waals surface area contributed by atoms with E-state index in [0.717, 1.165) is 12.8 Å². The van der Waals surface area contributed by atoms with Gasteiger partial charge in [-0.2, -0.15) is 0 Å². The number of carboxylic acid groups (broad SMARTS) is 1. The second kappa shape index (κ2) is 5.11. The standard InChI is InChI=1S/C11H18N2O5/c14-8-4-13(5-9(8)15)11(18)12-7(3-10(16)17)6-1-2-6/h6-9,14-15H,1-5H2,(H,12,18)(H,16,17). The molecule has 1 saturated carbocycles. The Balaban J connectivity index is 1.87. The van der Waals surface area contributed by atoms with Crippen molar-refractivity contribution in [3.05, 3.63) is 0 Å². The number of carbonyl (C=O) groups excluding carboxylic acids is 1. The lowest BCUT2D eigenvalue weighted by molar-refractivity contribution is -0.137. The highest BCUT2D eigenvalue weighted by atomic mass is 16.4. The molecule has 4 N–H and O–H groups in total. The summed E-state index contributed by atoms with van der Waals surface area (Å²) in [6.45, 7) is 0.162. The fraction of sp³-hybridized carbons (Fsp3) is 0.818. The molecule has 1 heterocycles. The first-order valence-corrected chi connectivity index (χ1v) is 6.10. The Morgan fingerprint density at radius 1 is 1.22 bits per heavy atom. The van der Waals surface area contributed by atoms with Crippen molar-refractivity contribution in [2.75, 3.05) is 13.1 Å². The predicted molar refractivity (Wildman–Crippen MR) is 60.9 cm³/mol. The van der Waals surface area contributed by atoms with Crippen LogP contribution >= 0.6 is 0 Å². The number of aliphatic hydroxyl groups excluding tert-OH is 2. The van der Waals surface area contributed by atoms with E-state index >= 15 is 0 Å². The Labute approximate surface area is 104 Å². The third kappa shape index (κ3) is 3.11. The number of carboxylic acids is 1. The van der Waals surface area contributed by atoms with Crippen LogP contribution in [0.25, 0.3) is 0 Å². The van der Waals surface area contributed by atoms with Crippen LogP contribution in [0.5, 0.6) is 0 Å². The molecule has 7 nitrogen and oxygen atoms in total. The van der Waals surface area contributed by atoms with Crippen LogP contribution in [0.1, 0.15) is 19.3 Å². The van der Waals surface area contributed by atoms with Crippen LogP contribution < -0.4 is 5.32 Å². The van der Waals surface area contributed by atoms with Gasteiger partial charge in [0.2, 0.25) is 0 Å². The molecule has 2 rings (SSSR count). The number of nitrogens with zero attached hydrogens (tertiary/aromatic N) is 1. The molecule has 0 aromatic carbocycles. The molecule has 0 spiro atoms. The lowest BCUT2D eigenvalue weighted by Crippen LogP contribution is -2.46. The number of aliphatic hydroxyl groups is 2. The first-order chi connectivity index (χ1) is 8.47. The Hall–Kier alpha value is -1.34. The number of rotatable bonds is 4. The van der Waals surface area contributed by atoms with Crippen molar-refractivity contribution in [3.8, 4) is 0 Å². The van der Waals surface area contributed by atoms with E-state index in [1.165, 1.54) is 4.90 Å². The van der Waals surface area contributed by atoms with Gasteiger partial charge in [-0.3, -0.25) is 4.79 Å². The highest BCUT2D eigenvalue weighted by Crippen LogP contribution is 2.34. The smallest absolute Gasteiger partial charge is 0.317 e. The number of hydrogen-bond donors (Lipinski definition) is 4. The van der Waals surface area contributed by atoms with Crippen LogP contribution in [0.15, 0.2) is 0 Å². The summed E-state index contributed by atoms with van der Waals surface area (Å²) in [5.41, 5.74) is 0. The van der Waals surface area contributed by atoms with Crippen LogP contribution in [0.2, 0.25) is 0 Å². The molecular formula is C11H18N2O5. The summed E-state index contributed by atoms with van der Waals surface area (Å²) >= 11 is 0. The second-order valence-corrected chi connectivity index (χ2v) is 5.03. The van der Waals surface area contributed by atoms with E-state index in [1.54, 1.807) is 0 Å². The average Bonchev–Trinajstić information content (AvgIpc) is 3.05. The quantitative estimate of drug-likeness (QED) is 0.516. The zero-order valence-electron chi connectivity index (χ0n) is 9.95.